The maximum Gasteiger partial charge on any atom is 0.426 e. The lowest BCUT2D eigenvalue weighted by Crippen LogP contribution is -2.64. The van der Waals surface area contributed by atoms with Crippen molar-refractivity contribution in [3.05, 3.63) is 0 Å². The van der Waals surface area contributed by atoms with E-state index in [0.717, 1.165) is 6.07 Å². The van der Waals surface area contributed by atoms with E-state index in [9.17, 15) is 31.4 Å². The predicted octanol–water partition coefficient (Wildman–Crippen LogP) is 2.92. The zero-order valence-corrected chi connectivity index (χ0v) is 10.6. The normalized spacial score (nSPS) is 16.6. The molecule has 0 saturated heterocycles. The van der Waals surface area contributed by atoms with Crippen LogP contribution in [0.25, 0.3) is 0 Å². The Morgan fingerprint density at radius 3 is 1.80 bits per heavy atom. The van der Waals surface area contributed by atoms with Crippen molar-refractivity contribution in [1.29, 1.82) is 5.26 Å². The molecule has 2 atom stereocenters. The van der Waals surface area contributed by atoms with Crippen molar-refractivity contribution in [2.45, 2.75) is 56.7 Å². The van der Waals surface area contributed by atoms with Crippen molar-refractivity contribution >= 4 is 0 Å². The molecule has 0 spiro atoms. The topological polar surface area (TPSA) is 64.2 Å². The molecule has 20 heavy (non-hydrogen) atoms. The standard InChI is InChI=1S/C11H15F6NO2/c1-2-3-4-5-7(8(19)6-18)9(20,10(12,13)14)11(15,16)17/h7-8,19-20H,2-5H2,1H3/t7-,8-/m1/s1. The van der Waals surface area contributed by atoms with Gasteiger partial charge < -0.3 is 10.2 Å². The highest BCUT2D eigenvalue weighted by atomic mass is 19.4. The third kappa shape index (κ3) is 3.76. The fourth-order valence-corrected chi connectivity index (χ4v) is 1.88. The maximum atomic E-state index is 12.7. The summed E-state index contributed by atoms with van der Waals surface area (Å²) in [5, 5.41) is 26.8. The molecule has 0 aromatic carbocycles. The van der Waals surface area contributed by atoms with Gasteiger partial charge in [0.15, 0.2) is 0 Å². The Hall–Kier alpha value is -1.01. The van der Waals surface area contributed by atoms with Crippen molar-refractivity contribution < 1.29 is 36.6 Å². The average molecular weight is 307 g/mol. The summed E-state index contributed by atoms with van der Waals surface area (Å²) < 4.78 is 76.0. The van der Waals surface area contributed by atoms with Crippen LogP contribution in [0.3, 0.4) is 0 Å². The van der Waals surface area contributed by atoms with E-state index in [1.807, 2.05) is 0 Å². The lowest BCUT2D eigenvalue weighted by Gasteiger charge is -2.39. The molecule has 0 aromatic heterocycles. The van der Waals surface area contributed by atoms with Crippen LogP contribution < -0.4 is 0 Å². The molecule has 0 aliphatic carbocycles. The van der Waals surface area contributed by atoms with Gasteiger partial charge in [-0.15, -0.1) is 0 Å². The van der Waals surface area contributed by atoms with E-state index in [1.54, 1.807) is 6.92 Å². The molecule has 0 radical (unpaired) electrons. The van der Waals surface area contributed by atoms with Crippen LogP contribution in [0.1, 0.15) is 32.6 Å². The van der Waals surface area contributed by atoms with Crippen molar-refractivity contribution in [2.24, 2.45) is 5.92 Å². The number of nitrogens with zero attached hydrogens (tertiary/aromatic N) is 1. The summed E-state index contributed by atoms with van der Waals surface area (Å²) in [6.45, 7) is 1.68. The quantitative estimate of drug-likeness (QED) is 0.450. The van der Waals surface area contributed by atoms with E-state index >= 15 is 0 Å². The molecule has 2 N–H and O–H groups in total. The maximum absolute atomic E-state index is 12.7. The first kappa shape index (κ1) is 19.0. The van der Waals surface area contributed by atoms with E-state index in [2.05, 4.69) is 0 Å². The Labute approximate surface area is 111 Å². The van der Waals surface area contributed by atoms with Crippen LogP contribution in [0.4, 0.5) is 26.3 Å². The van der Waals surface area contributed by atoms with Gasteiger partial charge in [-0.1, -0.05) is 26.2 Å². The van der Waals surface area contributed by atoms with Gasteiger partial charge in [0.05, 0.1) is 6.07 Å². The number of aliphatic hydroxyl groups excluding tert-OH is 1. The molecule has 0 heterocycles. The zero-order chi connectivity index (χ0) is 16.2. The van der Waals surface area contributed by atoms with Gasteiger partial charge in [-0.05, 0) is 6.42 Å². The summed E-state index contributed by atoms with van der Waals surface area (Å²) in [5.41, 5.74) is -5.11. The highest BCUT2D eigenvalue weighted by Gasteiger charge is 2.74. The minimum atomic E-state index is -6.04. The van der Waals surface area contributed by atoms with Crippen LogP contribution >= 0.6 is 0 Å². The van der Waals surface area contributed by atoms with Crippen LogP contribution in [-0.2, 0) is 0 Å². The van der Waals surface area contributed by atoms with Crippen molar-refractivity contribution in [2.75, 3.05) is 0 Å². The number of nitriles is 1. The number of halogens is 6. The minimum Gasteiger partial charge on any atom is -0.378 e. The van der Waals surface area contributed by atoms with Gasteiger partial charge in [-0.3, -0.25) is 0 Å². The monoisotopic (exact) mass is 307 g/mol. The first-order valence-corrected chi connectivity index (χ1v) is 5.87. The van der Waals surface area contributed by atoms with Crippen molar-refractivity contribution in [3.8, 4) is 6.07 Å². The highest BCUT2D eigenvalue weighted by Crippen LogP contribution is 2.50. The molecule has 0 saturated carbocycles. The summed E-state index contributed by atoms with van der Waals surface area (Å²) in [4.78, 5) is 0. The summed E-state index contributed by atoms with van der Waals surface area (Å²) in [6, 6.07) is 0.937. The zero-order valence-electron chi connectivity index (χ0n) is 10.6. The third-order valence-electron chi connectivity index (χ3n) is 3.03. The third-order valence-corrected chi connectivity index (χ3v) is 3.03. The number of aliphatic hydroxyl groups is 2. The fraction of sp³-hybridized carbons (Fsp3) is 0.909. The van der Waals surface area contributed by atoms with Crippen LogP contribution in [-0.4, -0.2) is 34.3 Å². The molecule has 0 aromatic rings. The number of unbranched alkanes of at least 4 members (excludes halogenated alkanes) is 2. The van der Waals surface area contributed by atoms with Gasteiger partial charge in [-0.2, -0.15) is 31.6 Å². The first-order valence-electron chi connectivity index (χ1n) is 5.87. The van der Waals surface area contributed by atoms with Gasteiger partial charge >= 0.3 is 12.4 Å². The molecule has 0 aliphatic rings. The molecule has 0 rings (SSSR count). The largest absolute Gasteiger partial charge is 0.426 e. The van der Waals surface area contributed by atoms with Gasteiger partial charge in [0.25, 0.3) is 5.60 Å². The second kappa shape index (κ2) is 6.63. The number of rotatable bonds is 6. The molecule has 9 heteroatoms. The minimum absolute atomic E-state index is 0.0750. The summed E-state index contributed by atoms with van der Waals surface area (Å²) >= 11 is 0. The molecule has 0 amide bonds. The van der Waals surface area contributed by atoms with E-state index in [-0.39, 0.29) is 6.42 Å². The molecule has 0 unspecified atom stereocenters. The Bertz CT molecular complexity index is 332. The van der Waals surface area contributed by atoms with E-state index in [1.165, 1.54) is 0 Å². The molecular weight excluding hydrogens is 292 g/mol. The highest BCUT2D eigenvalue weighted by molar-refractivity contribution is 5.06. The lowest BCUT2D eigenvalue weighted by atomic mass is 9.78. The Kier molecular flexibility index (Phi) is 6.29. The van der Waals surface area contributed by atoms with Crippen LogP contribution in [0, 0.1) is 17.2 Å². The molecule has 0 fully saturated rings. The van der Waals surface area contributed by atoms with E-state index < -0.39 is 36.4 Å². The summed E-state index contributed by atoms with van der Waals surface area (Å²) in [5.74, 6) is -2.68. The van der Waals surface area contributed by atoms with E-state index in [0.29, 0.717) is 12.8 Å². The molecule has 0 bridgehead atoms. The fourth-order valence-electron chi connectivity index (χ4n) is 1.88. The summed E-state index contributed by atoms with van der Waals surface area (Å²) in [6.07, 6.45) is -14.7. The number of hydrogen-bond donors (Lipinski definition) is 2. The van der Waals surface area contributed by atoms with Crippen LogP contribution in [0.15, 0.2) is 0 Å². The molecule has 0 aliphatic heterocycles. The van der Waals surface area contributed by atoms with Gasteiger partial charge in [0, 0.05) is 5.92 Å². The second-order valence-corrected chi connectivity index (χ2v) is 4.44. The molecular formula is C11H15F6NO2. The van der Waals surface area contributed by atoms with E-state index in [4.69, 9.17) is 10.4 Å². The lowest BCUT2D eigenvalue weighted by molar-refractivity contribution is -0.390. The van der Waals surface area contributed by atoms with Gasteiger partial charge in [-0.25, -0.2) is 0 Å². The smallest absolute Gasteiger partial charge is 0.378 e. The Morgan fingerprint density at radius 2 is 1.50 bits per heavy atom. The Morgan fingerprint density at radius 1 is 1.05 bits per heavy atom. The van der Waals surface area contributed by atoms with Crippen LogP contribution in [0.5, 0.6) is 0 Å². The van der Waals surface area contributed by atoms with Crippen LogP contribution in [0.2, 0.25) is 0 Å². The van der Waals surface area contributed by atoms with Crippen molar-refractivity contribution in [3.63, 3.8) is 0 Å². The van der Waals surface area contributed by atoms with Crippen molar-refractivity contribution in [1.82, 2.24) is 0 Å². The van der Waals surface area contributed by atoms with Gasteiger partial charge in [0.2, 0.25) is 0 Å². The predicted molar refractivity (Wildman–Crippen MR) is 56.3 cm³/mol. The Balaban J connectivity index is 5.61. The summed E-state index contributed by atoms with van der Waals surface area (Å²) in [7, 11) is 0. The second-order valence-electron chi connectivity index (χ2n) is 4.44. The average Bonchev–Trinajstić information content (AvgIpc) is 2.30. The molecule has 118 valence electrons. The number of hydrogen-bond acceptors (Lipinski definition) is 3. The van der Waals surface area contributed by atoms with Gasteiger partial charge in [0.1, 0.15) is 6.10 Å². The SMILES string of the molecule is CCCCC[C@H]([C@H](O)C#N)C(O)(C(F)(F)F)C(F)(F)F. The number of alkyl halides is 6. The molecule has 3 nitrogen and oxygen atoms in total. The first-order chi connectivity index (χ1) is 8.93.